The number of hydrogen-bond donors (Lipinski definition) is 1. The minimum Gasteiger partial charge on any atom is -0.391 e. The molecule has 1 aliphatic carbocycles. The fourth-order valence-corrected chi connectivity index (χ4v) is 3.06. The SMILES string of the molecule is CCC(C)c1nc(N(C)CCOCC2CC2)sc1CO. The fraction of sp³-hybridized carbons (Fsp3) is 0.800. The van der Waals surface area contributed by atoms with Gasteiger partial charge in [0.05, 0.1) is 23.8 Å². The molecule has 1 fully saturated rings. The van der Waals surface area contributed by atoms with Crippen LogP contribution in [-0.2, 0) is 11.3 Å². The molecule has 0 aromatic carbocycles. The van der Waals surface area contributed by atoms with Crippen molar-refractivity contribution in [2.75, 3.05) is 31.7 Å². The number of rotatable bonds is 9. The lowest BCUT2D eigenvalue weighted by Gasteiger charge is -2.15. The summed E-state index contributed by atoms with van der Waals surface area (Å²) in [6.07, 6.45) is 3.71. The number of thiazole rings is 1. The molecule has 1 aromatic rings. The van der Waals surface area contributed by atoms with Gasteiger partial charge in [-0.2, -0.15) is 0 Å². The Balaban J connectivity index is 1.87. The summed E-state index contributed by atoms with van der Waals surface area (Å²) in [4.78, 5) is 7.83. The highest BCUT2D eigenvalue weighted by atomic mass is 32.1. The van der Waals surface area contributed by atoms with Gasteiger partial charge in [-0.15, -0.1) is 0 Å². The number of hydrogen-bond acceptors (Lipinski definition) is 5. The molecule has 0 amide bonds. The van der Waals surface area contributed by atoms with Gasteiger partial charge in [0.2, 0.25) is 0 Å². The topological polar surface area (TPSA) is 45.6 Å². The van der Waals surface area contributed by atoms with Crippen LogP contribution in [0.5, 0.6) is 0 Å². The van der Waals surface area contributed by atoms with Crippen molar-refractivity contribution in [3.63, 3.8) is 0 Å². The van der Waals surface area contributed by atoms with E-state index in [0.29, 0.717) is 5.92 Å². The maximum atomic E-state index is 9.47. The van der Waals surface area contributed by atoms with Gasteiger partial charge >= 0.3 is 0 Å². The molecule has 0 saturated heterocycles. The van der Waals surface area contributed by atoms with Gasteiger partial charge in [-0.3, -0.25) is 0 Å². The monoisotopic (exact) mass is 298 g/mol. The molecule has 1 atom stereocenters. The van der Waals surface area contributed by atoms with Crippen LogP contribution in [0.4, 0.5) is 5.13 Å². The van der Waals surface area contributed by atoms with E-state index in [4.69, 9.17) is 9.72 Å². The fourth-order valence-electron chi connectivity index (χ4n) is 2.04. The zero-order chi connectivity index (χ0) is 14.5. The van der Waals surface area contributed by atoms with Crippen LogP contribution in [0, 0.1) is 5.92 Å². The van der Waals surface area contributed by atoms with Gasteiger partial charge in [0, 0.05) is 20.2 Å². The molecule has 114 valence electrons. The van der Waals surface area contributed by atoms with Crippen LogP contribution in [0.15, 0.2) is 0 Å². The van der Waals surface area contributed by atoms with E-state index < -0.39 is 0 Å². The molecule has 4 nitrogen and oxygen atoms in total. The van der Waals surface area contributed by atoms with E-state index in [1.807, 2.05) is 7.05 Å². The molecule has 0 spiro atoms. The number of aliphatic hydroxyl groups is 1. The van der Waals surface area contributed by atoms with Crippen LogP contribution in [0.2, 0.25) is 0 Å². The van der Waals surface area contributed by atoms with Gasteiger partial charge in [-0.05, 0) is 31.1 Å². The third-order valence-corrected chi connectivity index (χ3v) is 5.06. The smallest absolute Gasteiger partial charge is 0.185 e. The number of aliphatic hydroxyl groups excluding tert-OH is 1. The Morgan fingerprint density at radius 3 is 2.85 bits per heavy atom. The van der Waals surface area contributed by atoms with E-state index in [0.717, 1.165) is 47.8 Å². The van der Waals surface area contributed by atoms with E-state index in [1.54, 1.807) is 11.3 Å². The van der Waals surface area contributed by atoms with Crippen molar-refractivity contribution in [2.24, 2.45) is 5.92 Å². The van der Waals surface area contributed by atoms with E-state index in [-0.39, 0.29) is 6.61 Å². The number of anilines is 1. The number of ether oxygens (including phenoxy) is 1. The maximum absolute atomic E-state index is 9.47. The second kappa shape index (κ2) is 7.38. The molecule has 1 aliphatic rings. The predicted octanol–water partition coefficient (Wildman–Crippen LogP) is 3.01. The molecule has 2 rings (SSSR count). The first-order valence-electron chi connectivity index (χ1n) is 7.55. The molecule has 20 heavy (non-hydrogen) atoms. The van der Waals surface area contributed by atoms with Crippen molar-refractivity contribution in [3.05, 3.63) is 10.6 Å². The molecular formula is C15H26N2O2S. The summed E-state index contributed by atoms with van der Waals surface area (Å²) in [7, 11) is 2.04. The number of likely N-dealkylation sites (N-methyl/N-ethyl adjacent to an activating group) is 1. The van der Waals surface area contributed by atoms with Gasteiger partial charge in [-0.1, -0.05) is 25.2 Å². The highest BCUT2D eigenvalue weighted by Gasteiger charge is 2.21. The highest BCUT2D eigenvalue weighted by molar-refractivity contribution is 7.15. The minimum absolute atomic E-state index is 0.0867. The zero-order valence-corrected chi connectivity index (χ0v) is 13.6. The van der Waals surface area contributed by atoms with Crippen LogP contribution in [0.3, 0.4) is 0 Å². The van der Waals surface area contributed by atoms with Crippen molar-refractivity contribution >= 4 is 16.5 Å². The van der Waals surface area contributed by atoms with Crippen LogP contribution < -0.4 is 4.90 Å². The summed E-state index contributed by atoms with van der Waals surface area (Å²) >= 11 is 1.60. The lowest BCUT2D eigenvalue weighted by atomic mass is 10.0. The summed E-state index contributed by atoms with van der Waals surface area (Å²) in [6, 6.07) is 0. The van der Waals surface area contributed by atoms with E-state index in [2.05, 4.69) is 18.7 Å². The Morgan fingerprint density at radius 2 is 2.25 bits per heavy atom. The molecule has 1 aromatic heterocycles. The molecular weight excluding hydrogens is 272 g/mol. The van der Waals surface area contributed by atoms with Gasteiger partial charge < -0.3 is 14.7 Å². The quantitative estimate of drug-likeness (QED) is 0.712. The van der Waals surface area contributed by atoms with Gasteiger partial charge in [0.1, 0.15) is 0 Å². The predicted molar refractivity (Wildman–Crippen MR) is 83.6 cm³/mol. The maximum Gasteiger partial charge on any atom is 0.185 e. The summed E-state index contributed by atoms with van der Waals surface area (Å²) in [5, 5.41) is 10.5. The van der Waals surface area contributed by atoms with Gasteiger partial charge in [0.25, 0.3) is 0 Å². The largest absolute Gasteiger partial charge is 0.391 e. The van der Waals surface area contributed by atoms with Crippen molar-refractivity contribution in [1.29, 1.82) is 0 Å². The van der Waals surface area contributed by atoms with E-state index in [9.17, 15) is 5.11 Å². The highest BCUT2D eigenvalue weighted by Crippen LogP contribution is 2.32. The molecule has 0 aliphatic heterocycles. The molecule has 1 heterocycles. The van der Waals surface area contributed by atoms with E-state index in [1.165, 1.54) is 12.8 Å². The van der Waals surface area contributed by atoms with Crippen molar-refractivity contribution in [3.8, 4) is 0 Å². The van der Waals surface area contributed by atoms with Gasteiger partial charge in [-0.25, -0.2) is 4.98 Å². The summed E-state index contributed by atoms with van der Waals surface area (Å²) in [5.74, 6) is 1.22. The molecule has 0 radical (unpaired) electrons. The first kappa shape index (κ1) is 15.7. The average Bonchev–Trinajstić information content (AvgIpc) is 3.18. The second-order valence-electron chi connectivity index (χ2n) is 5.71. The average molecular weight is 298 g/mol. The first-order chi connectivity index (χ1) is 9.65. The molecule has 1 saturated carbocycles. The number of aromatic nitrogens is 1. The Morgan fingerprint density at radius 1 is 1.50 bits per heavy atom. The summed E-state index contributed by atoms with van der Waals surface area (Å²) < 4.78 is 5.67. The molecule has 5 heteroatoms. The minimum atomic E-state index is 0.0867. The van der Waals surface area contributed by atoms with Crippen molar-refractivity contribution in [1.82, 2.24) is 4.98 Å². The Hall–Kier alpha value is -0.650. The summed E-state index contributed by atoms with van der Waals surface area (Å²) in [6.45, 7) is 6.91. The zero-order valence-electron chi connectivity index (χ0n) is 12.8. The molecule has 0 bridgehead atoms. The number of nitrogens with zero attached hydrogens (tertiary/aromatic N) is 2. The van der Waals surface area contributed by atoms with Crippen LogP contribution in [0.1, 0.15) is 49.6 Å². The third-order valence-electron chi connectivity index (χ3n) is 3.89. The van der Waals surface area contributed by atoms with Crippen LogP contribution in [0.25, 0.3) is 0 Å². The first-order valence-corrected chi connectivity index (χ1v) is 8.36. The van der Waals surface area contributed by atoms with Gasteiger partial charge in [0.15, 0.2) is 5.13 Å². The lowest BCUT2D eigenvalue weighted by molar-refractivity contribution is 0.131. The summed E-state index contributed by atoms with van der Waals surface area (Å²) in [5.41, 5.74) is 1.06. The third kappa shape index (κ3) is 4.17. The Labute approximate surface area is 125 Å². The second-order valence-corrected chi connectivity index (χ2v) is 6.77. The normalized spacial score (nSPS) is 16.4. The Kier molecular flexibility index (Phi) is 5.81. The van der Waals surface area contributed by atoms with Crippen molar-refractivity contribution in [2.45, 2.75) is 45.6 Å². The standard InChI is InChI=1S/C15H26N2O2S/c1-4-11(2)14-13(9-18)20-15(16-14)17(3)7-8-19-10-12-5-6-12/h11-12,18H,4-10H2,1-3H3. The Bertz CT molecular complexity index is 418. The lowest BCUT2D eigenvalue weighted by Crippen LogP contribution is -2.22. The molecule has 1 unspecified atom stereocenters. The van der Waals surface area contributed by atoms with Crippen molar-refractivity contribution < 1.29 is 9.84 Å². The van der Waals surface area contributed by atoms with Crippen LogP contribution >= 0.6 is 11.3 Å². The van der Waals surface area contributed by atoms with E-state index >= 15 is 0 Å². The van der Waals surface area contributed by atoms with Crippen LogP contribution in [-0.4, -0.2) is 36.9 Å². The molecule has 1 N–H and O–H groups in total.